The Balaban J connectivity index is 1.84. The highest BCUT2D eigenvalue weighted by Gasteiger charge is 2.25. The third-order valence-corrected chi connectivity index (χ3v) is 6.08. The van der Waals surface area contributed by atoms with E-state index in [1.54, 1.807) is 42.5 Å². The number of carbonyl (C=O) groups excluding carboxylic acids is 1. The molecule has 0 atom stereocenters. The highest BCUT2D eigenvalue weighted by molar-refractivity contribution is 9.10. The van der Waals surface area contributed by atoms with Crippen LogP contribution < -0.4 is 10.0 Å². The number of sulfonamides is 1. The molecule has 3 aromatic rings. The lowest BCUT2D eigenvalue weighted by Gasteiger charge is -2.10. The Kier molecular flexibility index (Phi) is 5.33. The van der Waals surface area contributed by atoms with Crippen LogP contribution in [0.2, 0.25) is 0 Å². The fourth-order valence-corrected chi connectivity index (χ4v) is 3.79. The summed E-state index contributed by atoms with van der Waals surface area (Å²) in [6.07, 6.45) is 1.19. The van der Waals surface area contributed by atoms with Gasteiger partial charge < -0.3 is 5.32 Å². The Morgan fingerprint density at radius 2 is 1.74 bits per heavy atom. The van der Waals surface area contributed by atoms with E-state index >= 15 is 0 Å². The number of hydrogen-bond donors (Lipinski definition) is 3. The van der Waals surface area contributed by atoms with E-state index < -0.39 is 15.9 Å². The number of H-pyrrole nitrogens is 1. The number of hydrogen-bond acceptors (Lipinski definition) is 4. The summed E-state index contributed by atoms with van der Waals surface area (Å²) < 4.78 is 28.7. The van der Waals surface area contributed by atoms with Crippen LogP contribution >= 0.6 is 15.9 Å². The van der Waals surface area contributed by atoms with E-state index in [9.17, 15) is 13.2 Å². The van der Waals surface area contributed by atoms with Crippen molar-refractivity contribution < 1.29 is 13.2 Å². The highest BCUT2D eigenvalue weighted by atomic mass is 79.9. The SMILES string of the molecule is Cc1ccc(NS(=O)(=O)c2[nH]ncc2C(=O)Nc2ccc(Br)c(C)c2)cc1. The van der Waals surface area contributed by atoms with Crippen molar-refractivity contribution in [2.45, 2.75) is 18.9 Å². The fraction of sp³-hybridized carbons (Fsp3) is 0.111. The van der Waals surface area contributed by atoms with Gasteiger partial charge in [0.1, 0.15) is 0 Å². The molecule has 140 valence electrons. The van der Waals surface area contributed by atoms with Crippen LogP contribution in [0.3, 0.4) is 0 Å². The van der Waals surface area contributed by atoms with Gasteiger partial charge in [0.15, 0.2) is 5.03 Å². The number of nitrogens with one attached hydrogen (secondary N) is 3. The van der Waals surface area contributed by atoms with Gasteiger partial charge in [0.25, 0.3) is 15.9 Å². The third kappa shape index (κ3) is 4.37. The minimum atomic E-state index is -4.00. The van der Waals surface area contributed by atoms with Crippen molar-refractivity contribution in [1.29, 1.82) is 0 Å². The van der Waals surface area contributed by atoms with Crippen molar-refractivity contribution in [1.82, 2.24) is 10.2 Å². The number of amides is 1. The molecule has 2 aromatic carbocycles. The Labute approximate surface area is 165 Å². The Hall–Kier alpha value is -2.65. The first kappa shape index (κ1) is 19.1. The normalized spacial score (nSPS) is 11.2. The van der Waals surface area contributed by atoms with Gasteiger partial charge in [-0.2, -0.15) is 13.5 Å². The molecule has 9 heteroatoms. The summed E-state index contributed by atoms with van der Waals surface area (Å²) in [6, 6.07) is 12.2. The van der Waals surface area contributed by atoms with E-state index in [2.05, 4.69) is 36.2 Å². The maximum atomic E-state index is 12.7. The lowest BCUT2D eigenvalue weighted by Crippen LogP contribution is -2.19. The highest BCUT2D eigenvalue weighted by Crippen LogP contribution is 2.22. The van der Waals surface area contributed by atoms with E-state index in [0.29, 0.717) is 11.4 Å². The van der Waals surface area contributed by atoms with Crippen molar-refractivity contribution in [2.75, 3.05) is 10.0 Å². The minimum Gasteiger partial charge on any atom is -0.322 e. The fourth-order valence-electron chi connectivity index (χ4n) is 2.39. The zero-order chi connectivity index (χ0) is 19.6. The molecule has 0 aliphatic carbocycles. The molecule has 3 rings (SSSR count). The Morgan fingerprint density at radius 3 is 2.41 bits per heavy atom. The van der Waals surface area contributed by atoms with Gasteiger partial charge in [-0.15, -0.1) is 0 Å². The lowest BCUT2D eigenvalue weighted by molar-refractivity contribution is 0.102. The average Bonchev–Trinajstić information content (AvgIpc) is 3.11. The molecule has 0 aliphatic heterocycles. The summed E-state index contributed by atoms with van der Waals surface area (Å²) in [5, 5.41) is 8.51. The van der Waals surface area contributed by atoms with Gasteiger partial charge in [-0.05, 0) is 49.7 Å². The quantitative estimate of drug-likeness (QED) is 0.551. The number of aromatic amines is 1. The smallest absolute Gasteiger partial charge is 0.279 e. The second-order valence-electron chi connectivity index (χ2n) is 6.00. The van der Waals surface area contributed by atoms with Gasteiger partial charge in [-0.1, -0.05) is 33.6 Å². The topological polar surface area (TPSA) is 104 Å². The molecule has 0 spiro atoms. The van der Waals surface area contributed by atoms with Crippen LogP contribution in [-0.2, 0) is 10.0 Å². The van der Waals surface area contributed by atoms with Gasteiger partial charge >= 0.3 is 0 Å². The van der Waals surface area contributed by atoms with Crippen LogP contribution in [0.1, 0.15) is 21.5 Å². The predicted octanol–water partition coefficient (Wildman–Crippen LogP) is 3.84. The first-order valence-electron chi connectivity index (χ1n) is 7.96. The van der Waals surface area contributed by atoms with Gasteiger partial charge in [0.05, 0.1) is 11.8 Å². The summed E-state index contributed by atoms with van der Waals surface area (Å²) in [6.45, 7) is 3.79. The van der Waals surface area contributed by atoms with Crippen LogP contribution in [0, 0.1) is 13.8 Å². The largest absolute Gasteiger partial charge is 0.322 e. The zero-order valence-electron chi connectivity index (χ0n) is 14.6. The first-order chi connectivity index (χ1) is 12.8. The molecule has 0 unspecified atom stereocenters. The molecule has 0 fully saturated rings. The van der Waals surface area contributed by atoms with Crippen LogP contribution in [0.5, 0.6) is 0 Å². The minimum absolute atomic E-state index is 0.0739. The molecule has 0 bridgehead atoms. The molecule has 7 nitrogen and oxygen atoms in total. The van der Waals surface area contributed by atoms with Crippen molar-refractivity contribution in [3.05, 3.63) is 69.8 Å². The van der Waals surface area contributed by atoms with E-state index in [1.165, 1.54) is 6.20 Å². The van der Waals surface area contributed by atoms with E-state index in [1.807, 2.05) is 13.8 Å². The van der Waals surface area contributed by atoms with Gasteiger partial charge in [0, 0.05) is 15.8 Å². The van der Waals surface area contributed by atoms with Crippen molar-refractivity contribution >= 4 is 43.2 Å². The molecule has 0 radical (unpaired) electrons. The first-order valence-corrected chi connectivity index (χ1v) is 10.2. The maximum Gasteiger partial charge on any atom is 0.279 e. The average molecular weight is 449 g/mol. The van der Waals surface area contributed by atoms with Crippen molar-refractivity contribution in [3.8, 4) is 0 Å². The van der Waals surface area contributed by atoms with Gasteiger partial charge in [-0.3, -0.25) is 14.6 Å². The molecular formula is C18H17BrN4O3S. The standard InChI is InChI=1S/C18H17BrN4O3S/c1-11-3-5-13(6-4-11)23-27(25,26)18-15(10-20-22-18)17(24)21-14-7-8-16(19)12(2)9-14/h3-10,23H,1-2H3,(H,20,22)(H,21,24). The van der Waals surface area contributed by atoms with Crippen molar-refractivity contribution in [3.63, 3.8) is 0 Å². The van der Waals surface area contributed by atoms with E-state index in [0.717, 1.165) is 15.6 Å². The number of carbonyl (C=O) groups is 1. The molecule has 27 heavy (non-hydrogen) atoms. The number of rotatable bonds is 5. The number of nitrogens with zero attached hydrogens (tertiary/aromatic N) is 1. The van der Waals surface area contributed by atoms with E-state index in [4.69, 9.17) is 0 Å². The monoisotopic (exact) mass is 448 g/mol. The maximum absolute atomic E-state index is 12.7. The second-order valence-corrected chi connectivity index (χ2v) is 8.48. The molecule has 0 aliphatic rings. The van der Waals surface area contributed by atoms with Crippen LogP contribution in [0.25, 0.3) is 0 Å². The zero-order valence-corrected chi connectivity index (χ0v) is 17.0. The van der Waals surface area contributed by atoms with Gasteiger partial charge in [-0.25, -0.2) is 0 Å². The second kappa shape index (κ2) is 7.53. The summed E-state index contributed by atoms with van der Waals surface area (Å²) in [4.78, 5) is 12.6. The Bertz CT molecular complexity index is 1090. The van der Waals surface area contributed by atoms with Crippen LogP contribution in [0.15, 0.2) is 58.2 Å². The summed E-state index contributed by atoms with van der Waals surface area (Å²) in [7, 11) is -4.00. The number of aromatic nitrogens is 2. The molecule has 0 saturated heterocycles. The molecule has 1 heterocycles. The van der Waals surface area contributed by atoms with Crippen LogP contribution in [-0.4, -0.2) is 24.5 Å². The Morgan fingerprint density at radius 1 is 1.07 bits per heavy atom. The predicted molar refractivity (Wildman–Crippen MR) is 107 cm³/mol. The molecule has 0 saturated carbocycles. The summed E-state index contributed by atoms with van der Waals surface area (Å²) in [5.41, 5.74) is 2.82. The molecule has 1 amide bonds. The number of anilines is 2. The molecular weight excluding hydrogens is 432 g/mol. The van der Waals surface area contributed by atoms with E-state index in [-0.39, 0.29) is 10.6 Å². The summed E-state index contributed by atoms with van der Waals surface area (Å²) in [5.74, 6) is -0.574. The summed E-state index contributed by atoms with van der Waals surface area (Å²) >= 11 is 3.39. The lowest BCUT2D eigenvalue weighted by atomic mass is 10.2. The number of aryl methyl sites for hydroxylation is 2. The number of halogens is 1. The number of benzene rings is 2. The third-order valence-electron chi connectivity index (χ3n) is 3.84. The van der Waals surface area contributed by atoms with Gasteiger partial charge in [0.2, 0.25) is 0 Å². The molecule has 3 N–H and O–H groups in total. The molecule has 1 aromatic heterocycles. The van der Waals surface area contributed by atoms with Crippen LogP contribution in [0.4, 0.5) is 11.4 Å². The van der Waals surface area contributed by atoms with Crippen molar-refractivity contribution in [2.24, 2.45) is 0 Å².